The van der Waals surface area contributed by atoms with Crippen LogP contribution < -0.4 is 11.5 Å². The van der Waals surface area contributed by atoms with E-state index in [9.17, 15) is 8.78 Å². The Bertz CT molecular complexity index is 337. The lowest BCUT2D eigenvalue weighted by atomic mass is 9.96. The van der Waals surface area contributed by atoms with Gasteiger partial charge in [0.15, 0.2) is 0 Å². The van der Waals surface area contributed by atoms with Crippen LogP contribution in [-0.4, -0.2) is 0 Å². The molecule has 0 radical (unpaired) electrons. The van der Waals surface area contributed by atoms with Crippen molar-refractivity contribution in [3.63, 3.8) is 0 Å². The van der Waals surface area contributed by atoms with E-state index in [1.807, 2.05) is 13.8 Å². The van der Waals surface area contributed by atoms with Crippen molar-refractivity contribution in [2.24, 2.45) is 11.7 Å². The fourth-order valence-corrected chi connectivity index (χ4v) is 1.20. The number of rotatable bonds is 2. The molecule has 14 heavy (non-hydrogen) atoms. The second-order valence-corrected chi connectivity index (χ2v) is 3.67. The van der Waals surface area contributed by atoms with Gasteiger partial charge >= 0.3 is 0 Å². The number of halogens is 2. The van der Waals surface area contributed by atoms with E-state index in [2.05, 4.69) is 0 Å². The van der Waals surface area contributed by atoms with Gasteiger partial charge in [-0.25, -0.2) is 8.78 Å². The maximum Gasteiger partial charge on any atom is 0.149 e. The van der Waals surface area contributed by atoms with Gasteiger partial charge in [-0.15, -0.1) is 0 Å². The lowest BCUT2D eigenvalue weighted by Crippen LogP contribution is -2.18. The van der Waals surface area contributed by atoms with Crippen LogP contribution in [0.25, 0.3) is 0 Å². The van der Waals surface area contributed by atoms with Crippen LogP contribution in [0.15, 0.2) is 12.1 Å². The largest absolute Gasteiger partial charge is 0.396 e. The van der Waals surface area contributed by atoms with Crippen molar-refractivity contribution in [2.75, 3.05) is 5.73 Å². The van der Waals surface area contributed by atoms with E-state index in [1.165, 1.54) is 6.07 Å². The second-order valence-electron chi connectivity index (χ2n) is 3.67. The van der Waals surface area contributed by atoms with Gasteiger partial charge in [-0.3, -0.25) is 0 Å². The third-order valence-corrected chi connectivity index (χ3v) is 2.19. The summed E-state index contributed by atoms with van der Waals surface area (Å²) in [5.41, 5.74) is 11.3. The van der Waals surface area contributed by atoms with E-state index in [1.54, 1.807) is 0 Å². The van der Waals surface area contributed by atoms with E-state index in [0.717, 1.165) is 6.07 Å². The first-order chi connectivity index (χ1) is 6.43. The summed E-state index contributed by atoms with van der Waals surface area (Å²) in [6, 6.07) is 1.57. The summed E-state index contributed by atoms with van der Waals surface area (Å²) in [5, 5.41) is 0. The van der Waals surface area contributed by atoms with E-state index in [4.69, 9.17) is 11.5 Å². The Balaban J connectivity index is 3.15. The number of hydrogen-bond donors (Lipinski definition) is 2. The van der Waals surface area contributed by atoms with Crippen LogP contribution in [0.1, 0.15) is 25.5 Å². The third-order valence-electron chi connectivity index (χ3n) is 2.19. The zero-order valence-electron chi connectivity index (χ0n) is 8.22. The van der Waals surface area contributed by atoms with Crippen LogP contribution in [0, 0.1) is 17.6 Å². The molecule has 0 heterocycles. The van der Waals surface area contributed by atoms with E-state index >= 15 is 0 Å². The predicted octanol–water partition coefficient (Wildman–Crippen LogP) is 2.20. The van der Waals surface area contributed by atoms with Gasteiger partial charge in [-0.2, -0.15) is 0 Å². The molecule has 0 aliphatic carbocycles. The average Bonchev–Trinajstić information content (AvgIpc) is 2.10. The minimum Gasteiger partial charge on any atom is -0.396 e. The summed E-state index contributed by atoms with van der Waals surface area (Å²) in [5.74, 6) is -1.31. The molecule has 4 heteroatoms. The highest BCUT2D eigenvalue weighted by Gasteiger charge is 2.16. The Morgan fingerprint density at radius 2 is 1.71 bits per heavy atom. The van der Waals surface area contributed by atoms with Gasteiger partial charge in [0.05, 0.1) is 5.69 Å². The lowest BCUT2D eigenvalue weighted by molar-refractivity contribution is 0.480. The Labute approximate surface area is 81.9 Å². The first kappa shape index (κ1) is 10.9. The van der Waals surface area contributed by atoms with Crippen molar-refractivity contribution >= 4 is 5.69 Å². The number of nitrogen functional groups attached to an aromatic ring is 1. The van der Waals surface area contributed by atoms with Crippen molar-refractivity contribution in [3.8, 4) is 0 Å². The van der Waals surface area contributed by atoms with Crippen molar-refractivity contribution in [2.45, 2.75) is 19.9 Å². The van der Waals surface area contributed by atoms with Gasteiger partial charge in [0.1, 0.15) is 11.6 Å². The number of nitrogens with two attached hydrogens (primary N) is 2. The number of anilines is 1. The molecule has 2 nitrogen and oxygen atoms in total. The van der Waals surface area contributed by atoms with E-state index in [0.29, 0.717) is 0 Å². The smallest absolute Gasteiger partial charge is 0.149 e. The molecule has 4 N–H and O–H groups in total. The normalized spacial score (nSPS) is 13.3. The van der Waals surface area contributed by atoms with Crippen LogP contribution in [-0.2, 0) is 0 Å². The highest BCUT2D eigenvalue weighted by atomic mass is 19.1. The Kier molecular flexibility index (Phi) is 3.06. The molecule has 0 spiro atoms. The van der Waals surface area contributed by atoms with Crippen molar-refractivity contribution in [1.29, 1.82) is 0 Å². The topological polar surface area (TPSA) is 52.0 Å². The molecule has 0 saturated carbocycles. The van der Waals surface area contributed by atoms with Gasteiger partial charge in [-0.1, -0.05) is 13.8 Å². The molecule has 0 amide bonds. The molecule has 0 fully saturated rings. The standard InChI is InChI=1S/C10H14F2N2/c1-5(2)10(14)6-3-9(13)8(12)4-7(6)11/h3-5,10H,13-14H2,1-2H3/t10-/m0/s1. The molecule has 1 rings (SSSR count). The molecule has 0 saturated heterocycles. The lowest BCUT2D eigenvalue weighted by Gasteiger charge is -2.17. The van der Waals surface area contributed by atoms with Gasteiger partial charge in [0.2, 0.25) is 0 Å². The average molecular weight is 200 g/mol. The minimum atomic E-state index is -0.748. The first-order valence-electron chi connectivity index (χ1n) is 4.43. The van der Waals surface area contributed by atoms with E-state index in [-0.39, 0.29) is 17.2 Å². The third kappa shape index (κ3) is 2.01. The SMILES string of the molecule is CC(C)[C@H](N)c1cc(N)c(F)cc1F. The summed E-state index contributed by atoms with van der Waals surface area (Å²) in [6.07, 6.45) is 0. The monoisotopic (exact) mass is 200 g/mol. The molecule has 78 valence electrons. The van der Waals surface area contributed by atoms with Crippen LogP contribution in [0.4, 0.5) is 14.5 Å². The number of benzene rings is 1. The molecule has 0 aliphatic heterocycles. The van der Waals surface area contributed by atoms with Crippen molar-refractivity contribution in [1.82, 2.24) is 0 Å². The molecule has 1 aromatic rings. The van der Waals surface area contributed by atoms with Gasteiger partial charge in [0.25, 0.3) is 0 Å². The summed E-state index contributed by atoms with van der Waals surface area (Å²) in [6.45, 7) is 3.73. The Morgan fingerprint density at radius 3 is 2.21 bits per heavy atom. The highest BCUT2D eigenvalue weighted by Crippen LogP contribution is 2.25. The van der Waals surface area contributed by atoms with Crippen LogP contribution in [0.5, 0.6) is 0 Å². The van der Waals surface area contributed by atoms with Crippen molar-refractivity contribution < 1.29 is 8.78 Å². The fourth-order valence-electron chi connectivity index (χ4n) is 1.20. The molecular weight excluding hydrogens is 186 g/mol. The fraction of sp³-hybridized carbons (Fsp3) is 0.400. The molecular formula is C10H14F2N2. The molecule has 0 unspecified atom stereocenters. The van der Waals surface area contributed by atoms with Crippen LogP contribution >= 0.6 is 0 Å². The van der Waals surface area contributed by atoms with E-state index < -0.39 is 17.7 Å². The number of hydrogen-bond acceptors (Lipinski definition) is 2. The minimum absolute atomic E-state index is 0.0718. The quantitative estimate of drug-likeness (QED) is 0.719. The zero-order chi connectivity index (χ0) is 10.9. The summed E-state index contributed by atoms with van der Waals surface area (Å²) in [4.78, 5) is 0. The molecule has 0 bridgehead atoms. The molecule has 1 aromatic carbocycles. The molecule has 1 atom stereocenters. The molecule has 0 aromatic heterocycles. The van der Waals surface area contributed by atoms with Gasteiger partial charge < -0.3 is 11.5 Å². The second kappa shape index (κ2) is 3.92. The summed E-state index contributed by atoms with van der Waals surface area (Å²) >= 11 is 0. The Hall–Kier alpha value is -1.16. The highest BCUT2D eigenvalue weighted by molar-refractivity contribution is 5.44. The first-order valence-corrected chi connectivity index (χ1v) is 4.43. The summed E-state index contributed by atoms with van der Waals surface area (Å²) in [7, 11) is 0. The van der Waals surface area contributed by atoms with Crippen LogP contribution in [0.2, 0.25) is 0 Å². The zero-order valence-corrected chi connectivity index (χ0v) is 8.22. The van der Waals surface area contributed by atoms with Crippen molar-refractivity contribution in [3.05, 3.63) is 29.3 Å². The maximum atomic E-state index is 13.3. The molecule has 0 aliphatic rings. The maximum absolute atomic E-state index is 13.3. The predicted molar refractivity (Wildman–Crippen MR) is 52.5 cm³/mol. The van der Waals surface area contributed by atoms with Gasteiger partial charge in [0, 0.05) is 17.7 Å². The Morgan fingerprint density at radius 1 is 1.14 bits per heavy atom. The van der Waals surface area contributed by atoms with Crippen LogP contribution in [0.3, 0.4) is 0 Å². The summed E-state index contributed by atoms with van der Waals surface area (Å²) < 4.78 is 26.1. The van der Waals surface area contributed by atoms with Gasteiger partial charge in [-0.05, 0) is 12.0 Å².